The van der Waals surface area contributed by atoms with Crippen LogP contribution in [-0.2, 0) is 17.8 Å². The summed E-state index contributed by atoms with van der Waals surface area (Å²) < 4.78 is 10.3. The summed E-state index contributed by atoms with van der Waals surface area (Å²) in [6.07, 6.45) is 2.84. The number of fused-ring (bicyclic) bond motifs is 2. The number of ether oxygens (including phenoxy) is 1. The van der Waals surface area contributed by atoms with Crippen LogP contribution in [0.15, 0.2) is 39.9 Å². The Bertz CT molecular complexity index is 1930. The summed E-state index contributed by atoms with van der Waals surface area (Å²) in [5.74, 6) is 6.62. The minimum atomic E-state index is -0.599. The predicted molar refractivity (Wildman–Crippen MR) is 170 cm³/mol. The third-order valence-corrected chi connectivity index (χ3v) is 8.05. The molecule has 1 aliphatic carbocycles. The molecule has 4 heterocycles. The molecule has 2 fully saturated rings. The van der Waals surface area contributed by atoms with Gasteiger partial charge in [0.2, 0.25) is 5.95 Å². The Morgan fingerprint density at radius 3 is 2.61 bits per heavy atom. The predicted octanol–water partition coefficient (Wildman–Crippen LogP) is 4.12. The number of aromatic nitrogens is 5. The van der Waals surface area contributed by atoms with Gasteiger partial charge in [-0.2, -0.15) is 4.98 Å². The first-order valence-corrected chi connectivity index (χ1v) is 15.3. The molecule has 1 aliphatic heterocycles. The molecule has 0 spiro atoms. The molecule has 1 N–H and O–H groups in total. The number of carbonyl (C=O) groups is 1. The number of pyridine rings is 1. The summed E-state index contributed by atoms with van der Waals surface area (Å²) in [6, 6.07) is 9.70. The molecular weight excluding hydrogens is 558 g/mol. The Morgan fingerprint density at radius 1 is 1.11 bits per heavy atom. The molecule has 1 saturated carbocycles. The van der Waals surface area contributed by atoms with Crippen LogP contribution in [-0.4, -0.2) is 54.5 Å². The minimum absolute atomic E-state index is 0.0181. The smallest absolute Gasteiger partial charge is 0.407 e. The number of hydrogen-bond acceptors (Lipinski definition) is 7. The van der Waals surface area contributed by atoms with Crippen LogP contribution in [0, 0.1) is 18.8 Å². The number of rotatable bonds is 6. The Balaban J connectivity index is 1.46. The second-order valence-corrected chi connectivity index (χ2v) is 12.7. The molecule has 11 nitrogen and oxygen atoms in total. The largest absolute Gasteiger partial charge is 0.444 e. The van der Waals surface area contributed by atoms with Crippen LogP contribution >= 0.6 is 0 Å². The van der Waals surface area contributed by atoms with E-state index in [9.17, 15) is 14.4 Å². The molecule has 1 aromatic carbocycles. The minimum Gasteiger partial charge on any atom is -0.444 e. The van der Waals surface area contributed by atoms with E-state index in [1.807, 2.05) is 62.6 Å². The third kappa shape index (κ3) is 5.81. The molecule has 1 atom stereocenters. The van der Waals surface area contributed by atoms with E-state index in [4.69, 9.17) is 14.7 Å². The molecule has 1 unspecified atom stereocenters. The summed E-state index contributed by atoms with van der Waals surface area (Å²) >= 11 is 0. The molecule has 1 saturated heterocycles. The monoisotopic (exact) mass is 597 g/mol. The molecule has 11 heteroatoms. The lowest BCUT2D eigenvalue weighted by Gasteiger charge is -2.34. The van der Waals surface area contributed by atoms with E-state index in [0.29, 0.717) is 35.9 Å². The van der Waals surface area contributed by atoms with Crippen molar-refractivity contribution >= 4 is 34.0 Å². The van der Waals surface area contributed by atoms with Crippen molar-refractivity contribution < 1.29 is 9.53 Å². The summed E-state index contributed by atoms with van der Waals surface area (Å²) in [5.41, 5.74) is 0.848. The Hall–Kier alpha value is -4.59. The molecule has 3 aromatic heterocycles. The SMILES string of the molecule is CC#CCn1c(N2CCCC(NC(=O)OC(C)(C)C)C2)nc2c1c(=O)n(Cc1nc(C)cc3ccccc13)c(=O)n2C1CC1. The van der Waals surface area contributed by atoms with Gasteiger partial charge in [0.15, 0.2) is 11.2 Å². The van der Waals surface area contributed by atoms with Gasteiger partial charge in [-0.3, -0.25) is 23.5 Å². The van der Waals surface area contributed by atoms with Gasteiger partial charge in [0.1, 0.15) is 5.60 Å². The van der Waals surface area contributed by atoms with E-state index >= 15 is 0 Å². The molecule has 4 aromatic rings. The number of hydrogen-bond donors (Lipinski definition) is 1. The van der Waals surface area contributed by atoms with E-state index in [1.54, 1.807) is 11.5 Å². The summed E-state index contributed by atoms with van der Waals surface area (Å²) in [7, 11) is 0. The highest BCUT2D eigenvalue weighted by molar-refractivity contribution is 5.85. The van der Waals surface area contributed by atoms with Crippen molar-refractivity contribution in [3.63, 3.8) is 0 Å². The normalized spacial score (nSPS) is 17.0. The van der Waals surface area contributed by atoms with Crippen LogP contribution in [0.3, 0.4) is 0 Å². The number of piperidine rings is 1. The molecule has 44 heavy (non-hydrogen) atoms. The number of nitrogens with zero attached hydrogens (tertiary/aromatic N) is 6. The van der Waals surface area contributed by atoms with Crippen LogP contribution in [0.5, 0.6) is 0 Å². The van der Waals surface area contributed by atoms with Gasteiger partial charge in [-0.1, -0.05) is 30.2 Å². The highest BCUT2D eigenvalue weighted by Gasteiger charge is 2.33. The first-order valence-electron chi connectivity index (χ1n) is 15.3. The van der Waals surface area contributed by atoms with E-state index in [0.717, 1.165) is 42.1 Å². The Kier molecular flexibility index (Phi) is 7.70. The molecular formula is C33H39N7O4. The maximum absolute atomic E-state index is 14.3. The fourth-order valence-electron chi connectivity index (χ4n) is 6.03. The van der Waals surface area contributed by atoms with Gasteiger partial charge in [0.25, 0.3) is 5.56 Å². The fraction of sp³-hybridized carbons (Fsp3) is 0.485. The number of benzene rings is 1. The Morgan fingerprint density at radius 2 is 1.89 bits per heavy atom. The highest BCUT2D eigenvalue weighted by Crippen LogP contribution is 2.36. The summed E-state index contributed by atoms with van der Waals surface area (Å²) in [6.45, 7) is 10.6. The van der Waals surface area contributed by atoms with Crippen molar-refractivity contribution in [2.75, 3.05) is 18.0 Å². The van der Waals surface area contributed by atoms with Gasteiger partial charge in [0.05, 0.1) is 18.8 Å². The second kappa shape index (κ2) is 11.5. The van der Waals surface area contributed by atoms with E-state index < -0.39 is 17.3 Å². The van der Waals surface area contributed by atoms with Gasteiger partial charge < -0.3 is 15.0 Å². The van der Waals surface area contributed by atoms with Crippen molar-refractivity contribution in [3.05, 3.63) is 62.6 Å². The topological polar surface area (TPSA) is 116 Å². The standard InChI is InChI=1S/C33H39N7O4/c1-6-7-17-38-27-28(36-30(38)37-16-10-12-23(19-37)35-31(42)44-33(3,4)5)40(24-14-15-24)32(43)39(29(27)41)20-26-25-13-9-8-11-22(25)18-21(2)34-26/h8-9,11,13,18,23-24H,10,12,14-17,19-20H2,1-5H3,(H,35,42). The van der Waals surface area contributed by atoms with Gasteiger partial charge in [-0.05, 0) is 71.8 Å². The molecule has 1 amide bonds. The zero-order chi connectivity index (χ0) is 31.2. The number of nitrogens with one attached hydrogen (secondary N) is 1. The van der Waals surface area contributed by atoms with Crippen molar-refractivity contribution in [3.8, 4) is 11.8 Å². The average Bonchev–Trinajstić information content (AvgIpc) is 3.72. The van der Waals surface area contributed by atoms with E-state index in [-0.39, 0.29) is 30.9 Å². The molecule has 0 bridgehead atoms. The lowest BCUT2D eigenvalue weighted by Crippen LogP contribution is -2.49. The van der Waals surface area contributed by atoms with Crippen LogP contribution in [0.1, 0.15) is 70.8 Å². The lowest BCUT2D eigenvalue weighted by atomic mass is 10.1. The second-order valence-electron chi connectivity index (χ2n) is 12.7. The summed E-state index contributed by atoms with van der Waals surface area (Å²) in [4.78, 5) is 52.7. The van der Waals surface area contributed by atoms with Crippen molar-refractivity contribution in [1.82, 2.24) is 29.0 Å². The highest BCUT2D eigenvalue weighted by atomic mass is 16.6. The molecule has 6 rings (SSSR count). The quantitative estimate of drug-likeness (QED) is 0.333. The maximum atomic E-state index is 14.3. The lowest BCUT2D eigenvalue weighted by molar-refractivity contribution is 0.0499. The summed E-state index contributed by atoms with van der Waals surface area (Å²) in [5, 5.41) is 4.91. The van der Waals surface area contributed by atoms with E-state index in [2.05, 4.69) is 22.1 Å². The molecule has 230 valence electrons. The zero-order valence-electron chi connectivity index (χ0n) is 26.0. The van der Waals surface area contributed by atoms with Gasteiger partial charge in [-0.25, -0.2) is 9.59 Å². The number of amides is 1. The number of carbonyl (C=O) groups excluding carboxylic acids is 1. The van der Waals surface area contributed by atoms with Crippen LogP contribution in [0.25, 0.3) is 21.9 Å². The van der Waals surface area contributed by atoms with Gasteiger partial charge in [-0.15, -0.1) is 5.92 Å². The first kappa shape index (κ1) is 29.5. The zero-order valence-corrected chi connectivity index (χ0v) is 26.0. The van der Waals surface area contributed by atoms with Crippen molar-refractivity contribution in [2.45, 2.75) is 91.1 Å². The molecule has 0 radical (unpaired) electrons. The number of aryl methyl sites for hydroxylation is 1. The number of imidazole rings is 1. The van der Waals surface area contributed by atoms with Gasteiger partial charge >= 0.3 is 11.8 Å². The van der Waals surface area contributed by atoms with Crippen LogP contribution < -0.4 is 21.5 Å². The van der Waals surface area contributed by atoms with Crippen LogP contribution in [0.4, 0.5) is 10.7 Å². The Labute approximate surface area is 255 Å². The number of anilines is 1. The van der Waals surface area contributed by atoms with Crippen LogP contribution in [0.2, 0.25) is 0 Å². The average molecular weight is 598 g/mol. The third-order valence-electron chi connectivity index (χ3n) is 8.05. The molecule has 2 aliphatic rings. The van der Waals surface area contributed by atoms with Crippen molar-refractivity contribution in [2.24, 2.45) is 0 Å². The fourth-order valence-corrected chi connectivity index (χ4v) is 6.03. The maximum Gasteiger partial charge on any atom is 0.407 e. The number of alkyl carbamates (subject to hydrolysis) is 1. The van der Waals surface area contributed by atoms with Gasteiger partial charge in [0, 0.05) is 36.3 Å². The van der Waals surface area contributed by atoms with E-state index in [1.165, 1.54) is 4.57 Å². The van der Waals surface area contributed by atoms with Crippen molar-refractivity contribution in [1.29, 1.82) is 0 Å². The first-order chi connectivity index (χ1) is 21.0.